The van der Waals surface area contributed by atoms with E-state index < -0.39 is 10.0 Å². The Kier molecular flexibility index (Phi) is 6.93. The molecule has 2 aliphatic rings. The maximum Gasteiger partial charge on any atom is 0.263 e. The van der Waals surface area contributed by atoms with Crippen LogP contribution in [0.15, 0.2) is 46.4 Å². The molecule has 2 fully saturated rings. The number of pyridine rings is 1. The summed E-state index contributed by atoms with van der Waals surface area (Å²) in [6, 6.07) is 8.80. The molecule has 0 atom stereocenters. The monoisotopic (exact) mass is 457 g/mol. The van der Waals surface area contributed by atoms with Crippen LogP contribution in [0.1, 0.15) is 53.6 Å². The van der Waals surface area contributed by atoms with Crippen molar-refractivity contribution in [2.24, 2.45) is 4.99 Å². The van der Waals surface area contributed by atoms with Gasteiger partial charge in [-0.25, -0.2) is 8.42 Å². The lowest BCUT2D eigenvalue weighted by Gasteiger charge is -2.26. The van der Waals surface area contributed by atoms with E-state index in [2.05, 4.69) is 0 Å². The second-order valence-corrected chi connectivity index (χ2v) is 10.6. The fraction of sp³-hybridized carbons (Fsp3) is 0.500. The van der Waals surface area contributed by atoms with E-state index in [0.717, 1.165) is 36.8 Å². The predicted molar refractivity (Wildman–Crippen MR) is 122 cm³/mol. The lowest BCUT2D eigenvalue weighted by Crippen LogP contribution is -2.40. The summed E-state index contributed by atoms with van der Waals surface area (Å²) in [4.78, 5) is 18.6. The molecule has 0 radical (unpaired) electrons. The van der Waals surface area contributed by atoms with Crippen LogP contribution in [-0.4, -0.2) is 55.5 Å². The van der Waals surface area contributed by atoms with E-state index in [4.69, 9.17) is 9.73 Å². The summed E-state index contributed by atoms with van der Waals surface area (Å²) in [7, 11) is -3.69. The number of aromatic nitrogens is 1. The first-order valence-electron chi connectivity index (χ1n) is 11.3. The third-order valence-corrected chi connectivity index (χ3v) is 8.14. The normalized spacial score (nSPS) is 19.2. The topological polar surface area (TPSA) is 81.0 Å². The molecule has 8 heteroatoms. The summed E-state index contributed by atoms with van der Waals surface area (Å²) in [5.74, 6) is -0.268. The first-order valence-corrected chi connectivity index (χ1v) is 12.8. The van der Waals surface area contributed by atoms with Gasteiger partial charge in [0.25, 0.3) is 5.91 Å². The fourth-order valence-electron chi connectivity index (χ4n) is 4.32. The highest BCUT2D eigenvalue weighted by Crippen LogP contribution is 2.22. The van der Waals surface area contributed by atoms with Crippen molar-refractivity contribution >= 4 is 15.9 Å². The molecule has 0 bridgehead atoms. The third kappa shape index (κ3) is 4.87. The van der Waals surface area contributed by atoms with Crippen molar-refractivity contribution in [3.63, 3.8) is 0 Å². The lowest BCUT2D eigenvalue weighted by atomic mass is 9.96. The predicted octanol–water partition coefficient (Wildman–Crippen LogP) is 3.05. The van der Waals surface area contributed by atoms with Gasteiger partial charge in [-0.05, 0) is 62.1 Å². The van der Waals surface area contributed by atoms with Crippen LogP contribution in [-0.2, 0) is 14.8 Å². The van der Waals surface area contributed by atoms with Gasteiger partial charge >= 0.3 is 0 Å². The molecule has 0 spiro atoms. The Morgan fingerprint density at radius 1 is 1.03 bits per heavy atom. The highest BCUT2D eigenvalue weighted by molar-refractivity contribution is 7.89. The molecule has 1 aromatic carbocycles. The van der Waals surface area contributed by atoms with Crippen molar-refractivity contribution in [2.75, 3.05) is 26.3 Å². The number of ether oxygens (including phenoxy) is 1. The van der Waals surface area contributed by atoms with Crippen molar-refractivity contribution in [2.45, 2.75) is 56.9 Å². The van der Waals surface area contributed by atoms with Crippen LogP contribution in [0.3, 0.4) is 0 Å². The number of carbonyl (C=O) groups excluding carboxylic acids is 1. The van der Waals surface area contributed by atoms with Crippen molar-refractivity contribution in [3.8, 4) is 0 Å². The number of sulfonamides is 1. The Morgan fingerprint density at radius 3 is 2.47 bits per heavy atom. The van der Waals surface area contributed by atoms with Gasteiger partial charge in [-0.3, -0.25) is 14.4 Å². The van der Waals surface area contributed by atoms with Gasteiger partial charge in [-0.1, -0.05) is 25.3 Å². The Morgan fingerprint density at radius 2 is 1.75 bits per heavy atom. The van der Waals surface area contributed by atoms with E-state index in [1.54, 1.807) is 22.9 Å². The van der Waals surface area contributed by atoms with Crippen LogP contribution in [0.5, 0.6) is 0 Å². The average molecular weight is 458 g/mol. The lowest BCUT2D eigenvalue weighted by molar-refractivity contribution is 0.0730. The van der Waals surface area contributed by atoms with E-state index in [1.807, 2.05) is 26.0 Å². The summed E-state index contributed by atoms with van der Waals surface area (Å²) >= 11 is 0. The summed E-state index contributed by atoms with van der Waals surface area (Å²) in [5.41, 5.74) is 2.76. The Labute approximate surface area is 189 Å². The van der Waals surface area contributed by atoms with Crippen molar-refractivity contribution < 1.29 is 17.9 Å². The average Bonchev–Trinajstić information content (AvgIpc) is 2.80. The number of hydrogen-bond acceptors (Lipinski definition) is 5. The number of benzene rings is 1. The molecule has 4 rings (SSSR count). The first kappa shape index (κ1) is 22.9. The Balaban J connectivity index is 1.73. The molecule has 1 saturated heterocycles. The highest BCUT2D eigenvalue weighted by Gasteiger charge is 2.27. The van der Waals surface area contributed by atoms with Gasteiger partial charge in [0.05, 0.1) is 24.2 Å². The molecule has 1 aliphatic carbocycles. The fourth-order valence-corrected chi connectivity index (χ4v) is 5.75. The molecule has 2 heterocycles. The molecule has 0 N–H and O–H groups in total. The molecule has 0 amide bonds. The van der Waals surface area contributed by atoms with Crippen LogP contribution < -0.4 is 5.49 Å². The van der Waals surface area contributed by atoms with E-state index in [-0.39, 0.29) is 16.8 Å². The number of hydrogen-bond donors (Lipinski definition) is 0. The van der Waals surface area contributed by atoms with Crippen LogP contribution in [0.25, 0.3) is 0 Å². The summed E-state index contributed by atoms with van der Waals surface area (Å²) in [6.07, 6.45) is 7.37. The second kappa shape index (κ2) is 9.68. The largest absolute Gasteiger partial charge is 0.379 e. The van der Waals surface area contributed by atoms with Crippen molar-refractivity contribution in [3.05, 3.63) is 58.7 Å². The number of nitrogens with zero attached hydrogens (tertiary/aromatic N) is 3. The number of rotatable bonds is 4. The Bertz CT molecular complexity index is 1160. The second-order valence-electron chi connectivity index (χ2n) is 8.65. The van der Waals surface area contributed by atoms with Gasteiger partial charge in [0.15, 0.2) is 0 Å². The molecule has 0 unspecified atom stereocenters. The Hall–Kier alpha value is -2.29. The zero-order valence-corrected chi connectivity index (χ0v) is 19.6. The van der Waals surface area contributed by atoms with E-state index >= 15 is 0 Å². The highest BCUT2D eigenvalue weighted by atomic mass is 32.2. The molecule has 172 valence electrons. The van der Waals surface area contributed by atoms with Gasteiger partial charge in [0.1, 0.15) is 5.49 Å². The quantitative estimate of drug-likeness (QED) is 0.707. The van der Waals surface area contributed by atoms with Crippen molar-refractivity contribution in [1.82, 2.24) is 8.87 Å². The SMILES string of the molecule is Cc1ccn(C(=O)c2cc(S(=O)(=O)N3CCOCC3)ccc2C)c(=NC2CCCCC2)c1. The van der Waals surface area contributed by atoms with Gasteiger partial charge in [0.2, 0.25) is 10.0 Å². The van der Waals surface area contributed by atoms with Gasteiger partial charge < -0.3 is 4.74 Å². The minimum atomic E-state index is -3.69. The summed E-state index contributed by atoms with van der Waals surface area (Å²) < 4.78 is 34.5. The molecule has 7 nitrogen and oxygen atoms in total. The molecular weight excluding hydrogens is 426 g/mol. The van der Waals surface area contributed by atoms with Crippen LogP contribution in [0.2, 0.25) is 0 Å². The summed E-state index contributed by atoms with van der Waals surface area (Å²) in [5, 5.41) is 0. The molecule has 32 heavy (non-hydrogen) atoms. The molecule has 1 aromatic heterocycles. The van der Waals surface area contributed by atoms with E-state index in [1.165, 1.54) is 16.8 Å². The summed E-state index contributed by atoms with van der Waals surface area (Å²) in [6.45, 7) is 5.19. The number of carbonyl (C=O) groups is 1. The molecule has 2 aromatic rings. The third-order valence-electron chi connectivity index (χ3n) is 6.25. The van der Waals surface area contributed by atoms with Crippen LogP contribution >= 0.6 is 0 Å². The van der Waals surface area contributed by atoms with Crippen molar-refractivity contribution in [1.29, 1.82) is 0 Å². The zero-order valence-electron chi connectivity index (χ0n) is 18.8. The van der Waals surface area contributed by atoms with Crippen LogP contribution in [0, 0.1) is 13.8 Å². The van der Waals surface area contributed by atoms with Gasteiger partial charge in [0, 0.05) is 24.8 Å². The minimum absolute atomic E-state index is 0.131. The van der Waals surface area contributed by atoms with Gasteiger partial charge in [-0.2, -0.15) is 4.31 Å². The minimum Gasteiger partial charge on any atom is -0.379 e. The van der Waals surface area contributed by atoms with Crippen LogP contribution in [0.4, 0.5) is 0 Å². The molecule has 1 aliphatic heterocycles. The smallest absolute Gasteiger partial charge is 0.263 e. The maximum atomic E-state index is 13.6. The van der Waals surface area contributed by atoms with E-state index in [0.29, 0.717) is 37.4 Å². The number of morpholine rings is 1. The van der Waals surface area contributed by atoms with E-state index in [9.17, 15) is 13.2 Å². The molecule has 1 saturated carbocycles. The maximum absolute atomic E-state index is 13.6. The zero-order chi connectivity index (χ0) is 22.7. The molecular formula is C24H31N3O4S. The standard InChI is InChI=1S/C24H31N3O4S/c1-18-10-11-27(23(16-18)25-20-6-4-3-5-7-20)24(28)22-17-21(9-8-19(22)2)32(29,30)26-12-14-31-15-13-26/h8-11,16-17,20H,3-7,12-15H2,1-2H3. The number of aryl methyl sites for hydroxylation is 2. The first-order chi connectivity index (χ1) is 15.4. The van der Waals surface area contributed by atoms with Gasteiger partial charge in [-0.15, -0.1) is 0 Å².